The molecular formula is C22H24AsPt. The van der Waals surface area contributed by atoms with Crippen LogP contribution in [0.1, 0.15) is 13.8 Å². The van der Waals surface area contributed by atoms with E-state index in [0.29, 0.717) is 17.6 Å². The molecule has 0 saturated heterocycles. The summed E-state index contributed by atoms with van der Waals surface area (Å²) in [5, 5.41) is 0. The molecule has 24 heavy (non-hydrogen) atoms. The van der Waals surface area contributed by atoms with Crippen LogP contribution in [0.3, 0.4) is 0 Å². The molecule has 0 heterocycles. The van der Waals surface area contributed by atoms with E-state index in [1.165, 1.54) is 13.1 Å². The third-order valence-corrected chi connectivity index (χ3v) is 10.6. The van der Waals surface area contributed by atoms with Gasteiger partial charge in [-0.3, -0.25) is 0 Å². The van der Waals surface area contributed by atoms with E-state index >= 15 is 0 Å². The maximum atomic E-state index is 2.27. The summed E-state index contributed by atoms with van der Waals surface area (Å²) in [4.78, 5) is 0. The molecule has 0 atom stereocenters. The summed E-state index contributed by atoms with van der Waals surface area (Å²) in [6, 6.07) is 32.8. The SMILES string of the molecule is C[CH]=[Pt]=[CH]C.c1ccc([AsH](c2ccccc2)c2ccccc2)cc1. The van der Waals surface area contributed by atoms with Gasteiger partial charge in [0.05, 0.1) is 0 Å². The summed E-state index contributed by atoms with van der Waals surface area (Å²) in [5.41, 5.74) is 0. The summed E-state index contributed by atoms with van der Waals surface area (Å²) in [7, 11) is 0. The molecule has 0 N–H and O–H groups in total. The van der Waals surface area contributed by atoms with Gasteiger partial charge < -0.3 is 0 Å². The molecule has 0 aliphatic rings. The molecular weight excluding hydrogens is 534 g/mol. The van der Waals surface area contributed by atoms with Crippen LogP contribution in [0.2, 0.25) is 0 Å². The topological polar surface area (TPSA) is 0 Å². The molecule has 0 saturated carbocycles. The minimum absolute atomic E-state index is 0.373. The molecule has 0 aliphatic heterocycles. The minimum atomic E-state index is -1.63. The molecule has 3 aromatic rings. The Balaban J connectivity index is 0.000000368. The Hall–Kier alpha value is -1.35. The number of benzene rings is 3. The molecule has 2 heteroatoms. The molecule has 0 amide bonds. The van der Waals surface area contributed by atoms with Gasteiger partial charge in [-0.05, 0) is 0 Å². The summed E-state index contributed by atoms with van der Waals surface area (Å²) in [5.74, 6) is 0. The molecule has 0 bridgehead atoms. The van der Waals surface area contributed by atoms with Crippen LogP contribution in [0.4, 0.5) is 0 Å². The van der Waals surface area contributed by atoms with Crippen LogP contribution < -0.4 is 13.1 Å². The first kappa shape index (κ1) is 19.0. The maximum absolute atomic E-state index is 2.27. The standard InChI is InChI=1S/C18H16As.2C2H4.Pt/c1-4-10-16(11-5-1)19(17-12-6-2-7-13-17)18-14-8-3-9-15-18;2*1-2;/h1-15,19H;2*1H,2H3;. The number of rotatable bonds is 3. The van der Waals surface area contributed by atoms with Gasteiger partial charge in [-0.1, -0.05) is 0 Å². The van der Waals surface area contributed by atoms with Gasteiger partial charge in [0.1, 0.15) is 0 Å². The van der Waals surface area contributed by atoms with Crippen molar-refractivity contribution in [3.63, 3.8) is 0 Å². The summed E-state index contributed by atoms with van der Waals surface area (Å²) in [6.45, 7) is 4.21. The van der Waals surface area contributed by atoms with Gasteiger partial charge in [0.25, 0.3) is 0 Å². The van der Waals surface area contributed by atoms with Crippen LogP contribution in [-0.4, -0.2) is 23.5 Å². The van der Waals surface area contributed by atoms with E-state index in [0.717, 1.165) is 0 Å². The van der Waals surface area contributed by atoms with Crippen molar-refractivity contribution in [3.8, 4) is 0 Å². The van der Waals surface area contributed by atoms with Crippen LogP contribution in [0.15, 0.2) is 91.0 Å². The normalized spacial score (nSPS) is 9.96. The Morgan fingerprint density at radius 2 is 0.833 bits per heavy atom. The average Bonchev–Trinajstić information content (AvgIpc) is 2.66. The van der Waals surface area contributed by atoms with E-state index in [2.05, 4.69) is 114 Å². The zero-order chi connectivity index (χ0) is 17.0. The second kappa shape index (κ2) is 11.2. The first-order valence-electron chi connectivity index (χ1n) is 8.00. The van der Waals surface area contributed by atoms with Gasteiger partial charge in [-0.15, -0.1) is 0 Å². The molecule has 0 fully saturated rings. The summed E-state index contributed by atoms with van der Waals surface area (Å²) >= 11 is -1.26. The third-order valence-electron chi connectivity index (χ3n) is 3.40. The van der Waals surface area contributed by atoms with Crippen molar-refractivity contribution in [2.45, 2.75) is 13.8 Å². The number of hydrogen-bond donors (Lipinski definition) is 0. The van der Waals surface area contributed by atoms with Crippen molar-refractivity contribution in [1.29, 1.82) is 0 Å². The van der Waals surface area contributed by atoms with Gasteiger partial charge >= 0.3 is 159 Å². The zero-order valence-corrected chi connectivity index (χ0v) is 18.5. The Morgan fingerprint density at radius 3 is 1.04 bits per heavy atom. The van der Waals surface area contributed by atoms with Gasteiger partial charge in [0.2, 0.25) is 0 Å². The monoisotopic (exact) mass is 558 g/mol. The fourth-order valence-electron chi connectivity index (χ4n) is 2.42. The van der Waals surface area contributed by atoms with Crippen molar-refractivity contribution in [3.05, 3.63) is 91.0 Å². The van der Waals surface area contributed by atoms with Gasteiger partial charge in [-0.2, -0.15) is 0 Å². The Bertz CT molecular complexity index is 661. The number of hydrogen-bond acceptors (Lipinski definition) is 0. The summed E-state index contributed by atoms with van der Waals surface area (Å²) < 4.78 is 8.97. The van der Waals surface area contributed by atoms with Crippen LogP contribution in [0.5, 0.6) is 0 Å². The first-order chi connectivity index (χ1) is 11.9. The van der Waals surface area contributed by atoms with Crippen molar-refractivity contribution >= 4 is 36.5 Å². The second-order valence-electron chi connectivity index (χ2n) is 4.94. The van der Waals surface area contributed by atoms with Crippen molar-refractivity contribution in [1.82, 2.24) is 0 Å². The molecule has 0 unspecified atom stereocenters. The van der Waals surface area contributed by atoms with Crippen molar-refractivity contribution < 1.29 is 17.6 Å². The molecule has 0 nitrogen and oxygen atoms in total. The molecule has 0 spiro atoms. The van der Waals surface area contributed by atoms with E-state index in [-0.39, 0.29) is 0 Å². The predicted molar refractivity (Wildman–Crippen MR) is 109 cm³/mol. The van der Waals surface area contributed by atoms with Crippen LogP contribution >= 0.6 is 0 Å². The van der Waals surface area contributed by atoms with Crippen molar-refractivity contribution in [2.24, 2.45) is 0 Å². The van der Waals surface area contributed by atoms with Crippen molar-refractivity contribution in [2.75, 3.05) is 0 Å². The third kappa shape index (κ3) is 5.93. The molecule has 1 radical (unpaired) electrons. The summed E-state index contributed by atoms with van der Waals surface area (Å²) in [6.07, 6.45) is 0. The Kier molecular flexibility index (Phi) is 8.89. The first-order valence-corrected chi connectivity index (χ1v) is 13.8. The van der Waals surface area contributed by atoms with E-state index in [9.17, 15) is 0 Å². The van der Waals surface area contributed by atoms with E-state index in [1.54, 1.807) is 0 Å². The van der Waals surface area contributed by atoms with Gasteiger partial charge in [0, 0.05) is 0 Å². The quantitative estimate of drug-likeness (QED) is 0.434. The molecule has 0 aliphatic carbocycles. The van der Waals surface area contributed by atoms with Gasteiger partial charge in [-0.25, -0.2) is 0 Å². The van der Waals surface area contributed by atoms with Crippen LogP contribution in [-0.2, 0) is 17.6 Å². The average molecular weight is 558 g/mol. The molecule has 0 aromatic heterocycles. The Morgan fingerprint density at radius 1 is 0.542 bits per heavy atom. The van der Waals surface area contributed by atoms with E-state index < -0.39 is 14.7 Å². The fourth-order valence-corrected chi connectivity index (χ4v) is 8.58. The molecule has 127 valence electrons. The Labute approximate surface area is 158 Å². The van der Waals surface area contributed by atoms with E-state index in [4.69, 9.17) is 0 Å². The molecule has 3 rings (SSSR count). The second-order valence-corrected chi connectivity index (χ2v) is 13.5. The fraction of sp³-hybridized carbons (Fsp3) is 0.0909. The van der Waals surface area contributed by atoms with E-state index in [1.807, 2.05) is 0 Å². The van der Waals surface area contributed by atoms with Gasteiger partial charge in [0.15, 0.2) is 0 Å². The van der Waals surface area contributed by atoms with Crippen LogP contribution in [0.25, 0.3) is 0 Å². The zero-order valence-electron chi connectivity index (χ0n) is 14.1. The predicted octanol–water partition coefficient (Wildman–Crippen LogP) is 2.65. The molecule has 3 aromatic carbocycles. The van der Waals surface area contributed by atoms with Crippen LogP contribution in [0, 0.1) is 0 Å².